The van der Waals surface area contributed by atoms with E-state index in [4.69, 9.17) is 4.99 Å². The zero-order valence-electron chi connectivity index (χ0n) is 32.7. The number of benzene rings is 5. The predicted molar refractivity (Wildman–Crippen MR) is 233 cm³/mol. The van der Waals surface area contributed by atoms with Gasteiger partial charge in [0.05, 0.1) is 11.8 Å². The molecule has 2 saturated carbocycles. The van der Waals surface area contributed by atoms with Crippen LogP contribution in [0.25, 0.3) is 27.8 Å². The molecule has 6 aliphatic carbocycles. The van der Waals surface area contributed by atoms with E-state index < -0.39 is 0 Å². The highest BCUT2D eigenvalue weighted by Crippen LogP contribution is 2.62. The highest BCUT2D eigenvalue weighted by Gasteiger charge is 2.55. The van der Waals surface area contributed by atoms with E-state index in [9.17, 15) is 0 Å². The van der Waals surface area contributed by atoms with E-state index >= 15 is 0 Å². The van der Waals surface area contributed by atoms with E-state index in [1.807, 2.05) is 0 Å². The molecule has 2 fully saturated rings. The molecule has 0 aromatic heterocycles. The lowest BCUT2D eigenvalue weighted by Crippen LogP contribution is -2.27. The van der Waals surface area contributed by atoms with Gasteiger partial charge in [0.2, 0.25) is 0 Å². The summed E-state index contributed by atoms with van der Waals surface area (Å²) >= 11 is 0. The van der Waals surface area contributed by atoms with Crippen LogP contribution in [0.5, 0.6) is 0 Å². The molecule has 5 aromatic rings. The van der Waals surface area contributed by atoms with Crippen molar-refractivity contribution in [3.8, 4) is 11.1 Å². The van der Waals surface area contributed by atoms with Gasteiger partial charge in [-0.05, 0) is 114 Å². The summed E-state index contributed by atoms with van der Waals surface area (Å²) in [6.45, 7) is 9.77. The largest absolute Gasteiger partial charge is 0.280 e. The Morgan fingerprint density at radius 2 is 1.32 bits per heavy atom. The first-order chi connectivity index (χ1) is 27.3. The van der Waals surface area contributed by atoms with Crippen molar-refractivity contribution in [2.45, 2.75) is 62.8 Å². The SMILES string of the molecule is CC1(C)C2=CC3c4ccccc4C(C)(C)C3C=C2c2cccc(-c3ccc(C4=NC5C(C(c6ccc(C7=CC=CC8CC78)cc6)=C4)C5c4ccccc4)cc3)c21. The standard InChI is InChI=1S/C55H47N/c1-54(2)46-19-9-8-15-40(46)44-29-48-45(30-47(44)54)41-18-11-17-39(52(41)55(48,3)4)33-24-26-35(27-25-33)49-31-43(51-50(53(51)56-49)36-12-6-5-7-13-36)34-22-20-32(21-23-34)38-16-10-14-37-28-42(37)38/h5-27,29-31,37,42,44,47,50-51,53H,28H2,1-4H3. The molecule has 1 heteroatoms. The average Bonchev–Trinajstić information content (AvgIpc) is 4.15. The normalized spacial score (nSPS) is 28.9. The molecule has 0 amide bonds. The number of nitrogens with zero attached hydrogens (tertiary/aromatic N) is 1. The summed E-state index contributed by atoms with van der Waals surface area (Å²) < 4.78 is 0. The van der Waals surface area contributed by atoms with Gasteiger partial charge in [-0.15, -0.1) is 0 Å². The number of aliphatic imine (C=N–C) groups is 1. The lowest BCUT2D eigenvalue weighted by Gasteiger charge is -2.34. The third kappa shape index (κ3) is 4.64. The molecular formula is C55H47N. The minimum atomic E-state index is -0.0955. The van der Waals surface area contributed by atoms with Gasteiger partial charge in [-0.1, -0.05) is 179 Å². The fourth-order valence-electron chi connectivity index (χ4n) is 11.8. The van der Waals surface area contributed by atoms with Gasteiger partial charge < -0.3 is 0 Å². The summed E-state index contributed by atoms with van der Waals surface area (Å²) in [7, 11) is 0. The van der Waals surface area contributed by atoms with Crippen LogP contribution in [0, 0.1) is 23.7 Å². The maximum Gasteiger partial charge on any atom is 0.0657 e. The molecule has 7 atom stereocenters. The molecule has 5 aromatic carbocycles. The molecule has 1 nitrogen and oxygen atoms in total. The number of fused-ring (bicyclic) bond motifs is 8. The Hall–Kier alpha value is -5.53. The molecule has 0 bridgehead atoms. The Balaban J connectivity index is 0.894. The van der Waals surface area contributed by atoms with Crippen molar-refractivity contribution in [2.75, 3.05) is 0 Å². The number of hydrogen-bond acceptors (Lipinski definition) is 1. The van der Waals surface area contributed by atoms with E-state index in [1.54, 1.807) is 0 Å². The number of allylic oxidation sites excluding steroid dienone is 9. The second-order valence-corrected chi connectivity index (χ2v) is 18.6. The second-order valence-electron chi connectivity index (χ2n) is 18.6. The topological polar surface area (TPSA) is 12.4 Å². The molecule has 1 aliphatic heterocycles. The van der Waals surface area contributed by atoms with Crippen LogP contribution in [-0.2, 0) is 10.8 Å². The third-order valence-electron chi connectivity index (χ3n) is 14.9. The van der Waals surface area contributed by atoms with Gasteiger partial charge in [0.25, 0.3) is 0 Å². The van der Waals surface area contributed by atoms with E-state index in [0.29, 0.717) is 29.6 Å². The lowest BCUT2D eigenvalue weighted by molar-refractivity contribution is 0.393. The molecule has 272 valence electrons. The number of dihydropyridines is 1. The Kier molecular flexibility index (Phi) is 6.72. The van der Waals surface area contributed by atoms with Gasteiger partial charge in [-0.3, -0.25) is 4.99 Å². The quantitative estimate of drug-likeness (QED) is 0.171. The molecule has 56 heavy (non-hydrogen) atoms. The molecule has 12 rings (SSSR count). The zero-order chi connectivity index (χ0) is 37.5. The van der Waals surface area contributed by atoms with Crippen LogP contribution in [0.2, 0.25) is 0 Å². The van der Waals surface area contributed by atoms with Crippen molar-refractivity contribution >= 4 is 22.4 Å². The summed E-state index contributed by atoms with van der Waals surface area (Å²) in [5, 5.41) is 0. The summed E-state index contributed by atoms with van der Waals surface area (Å²) in [5.74, 6) is 3.17. The third-order valence-corrected chi connectivity index (χ3v) is 14.9. The molecule has 0 N–H and O–H groups in total. The van der Waals surface area contributed by atoms with Crippen LogP contribution in [-0.4, -0.2) is 11.8 Å². The minimum absolute atomic E-state index is 0.0955. The molecule has 7 aliphatic rings. The van der Waals surface area contributed by atoms with Gasteiger partial charge in [-0.2, -0.15) is 0 Å². The van der Waals surface area contributed by atoms with Crippen molar-refractivity contribution < 1.29 is 0 Å². The van der Waals surface area contributed by atoms with Crippen LogP contribution in [0.1, 0.15) is 90.5 Å². The van der Waals surface area contributed by atoms with Crippen molar-refractivity contribution in [1.29, 1.82) is 0 Å². The van der Waals surface area contributed by atoms with Crippen LogP contribution in [0.15, 0.2) is 168 Å². The first-order valence-electron chi connectivity index (χ1n) is 20.9. The van der Waals surface area contributed by atoms with Crippen molar-refractivity contribution in [3.05, 3.63) is 208 Å². The second kappa shape index (κ2) is 11.5. The van der Waals surface area contributed by atoms with Gasteiger partial charge in [0, 0.05) is 23.2 Å². The van der Waals surface area contributed by atoms with Crippen LogP contribution in [0.4, 0.5) is 0 Å². The van der Waals surface area contributed by atoms with Gasteiger partial charge in [0.1, 0.15) is 0 Å². The molecule has 1 heterocycles. The van der Waals surface area contributed by atoms with E-state index in [0.717, 1.165) is 11.6 Å². The Bertz CT molecular complexity index is 2670. The summed E-state index contributed by atoms with van der Waals surface area (Å²) in [4.78, 5) is 5.46. The smallest absolute Gasteiger partial charge is 0.0657 e. The minimum Gasteiger partial charge on any atom is -0.280 e. The lowest BCUT2D eigenvalue weighted by atomic mass is 9.70. The first kappa shape index (κ1) is 32.7. The van der Waals surface area contributed by atoms with E-state index in [1.165, 1.54) is 84.3 Å². The van der Waals surface area contributed by atoms with Gasteiger partial charge >= 0.3 is 0 Å². The van der Waals surface area contributed by atoms with Crippen molar-refractivity contribution in [2.24, 2.45) is 28.7 Å². The summed E-state index contributed by atoms with van der Waals surface area (Å²) in [6.07, 6.45) is 15.9. The van der Waals surface area contributed by atoms with E-state index in [2.05, 4.69) is 185 Å². The zero-order valence-corrected chi connectivity index (χ0v) is 32.7. The predicted octanol–water partition coefficient (Wildman–Crippen LogP) is 12.9. The maximum absolute atomic E-state index is 5.46. The summed E-state index contributed by atoms with van der Waals surface area (Å²) in [5.41, 5.74) is 20.8. The van der Waals surface area contributed by atoms with Crippen LogP contribution < -0.4 is 0 Å². The molecule has 0 radical (unpaired) electrons. The monoisotopic (exact) mass is 721 g/mol. The van der Waals surface area contributed by atoms with E-state index in [-0.39, 0.29) is 16.9 Å². The summed E-state index contributed by atoms with van der Waals surface area (Å²) in [6, 6.07) is 46.2. The van der Waals surface area contributed by atoms with Gasteiger partial charge in [0.15, 0.2) is 0 Å². The Morgan fingerprint density at radius 1 is 0.625 bits per heavy atom. The van der Waals surface area contributed by atoms with Crippen molar-refractivity contribution in [1.82, 2.24) is 0 Å². The van der Waals surface area contributed by atoms with Crippen LogP contribution >= 0.6 is 0 Å². The Labute approximate surface area is 331 Å². The fraction of sp³-hybridized carbons (Fsp3) is 0.255. The molecular weight excluding hydrogens is 675 g/mol. The first-order valence-corrected chi connectivity index (χ1v) is 20.9. The maximum atomic E-state index is 5.46. The van der Waals surface area contributed by atoms with Crippen LogP contribution in [0.3, 0.4) is 0 Å². The molecule has 7 unspecified atom stereocenters. The van der Waals surface area contributed by atoms with Crippen molar-refractivity contribution in [3.63, 3.8) is 0 Å². The average molecular weight is 722 g/mol. The molecule has 0 spiro atoms. The molecule has 0 saturated heterocycles. The highest BCUT2D eigenvalue weighted by atomic mass is 14.9. The highest BCUT2D eigenvalue weighted by molar-refractivity contribution is 6.14. The Morgan fingerprint density at radius 3 is 2.12 bits per heavy atom. The fourth-order valence-corrected chi connectivity index (χ4v) is 11.8. The van der Waals surface area contributed by atoms with Gasteiger partial charge in [-0.25, -0.2) is 0 Å². The number of rotatable bonds is 5. The number of hydrogen-bond donors (Lipinski definition) is 0.